The molecule has 27 heavy (non-hydrogen) atoms. The van der Waals surface area contributed by atoms with Gasteiger partial charge in [-0.1, -0.05) is 30.0 Å². The van der Waals surface area contributed by atoms with Gasteiger partial charge in [0.2, 0.25) is 5.91 Å². The minimum absolute atomic E-state index is 0.00138. The summed E-state index contributed by atoms with van der Waals surface area (Å²) < 4.78 is 28.7. The molecule has 4 rings (SSSR count). The molecule has 1 amide bonds. The highest BCUT2D eigenvalue weighted by atomic mass is 32.2. The molecular weight excluding hydrogens is 388 g/mol. The van der Waals surface area contributed by atoms with Crippen LogP contribution in [0.25, 0.3) is 22.4 Å². The summed E-state index contributed by atoms with van der Waals surface area (Å²) >= 11 is 1.15. The number of H-pyrrole nitrogens is 1. The molecule has 1 saturated heterocycles. The van der Waals surface area contributed by atoms with Crippen LogP contribution in [-0.4, -0.2) is 52.3 Å². The number of sulfone groups is 1. The Labute approximate surface area is 160 Å². The van der Waals surface area contributed by atoms with Crippen molar-refractivity contribution < 1.29 is 17.6 Å². The van der Waals surface area contributed by atoms with Gasteiger partial charge in [0.15, 0.2) is 9.84 Å². The third-order valence-electron chi connectivity index (χ3n) is 4.45. The van der Waals surface area contributed by atoms with Gasteiger partial charge in [0, 0.05) is 23.1 Å². The Balaban J connectivity index is 1.42. The van der Waals surface area contributed by atoms with Crippen LogP contribution in [0.3, 0.4) is 0 Å². The number of nitrogens with zero attached hydrogens (tertiary/aromatic N) is 2. The maximum atomic E-state index is 12.3. The third-order valence-corrected chi connectivity index (χ3v) is 7.15. The predicted octanol–water partition coefficient (Wildman–Crippen LogP) is 2.00. The Morgan fingerprint density at radius 2 is 2.19 bits per heavy atom. The molecule has 1 aliphatic heterocycles. The highest BCUT2D eigenvalue weighted by Crippen LogP contribution is 2.30. The monoisotopic (exact) mass is 406 g/mol. The summed E-state index contributed by atoms with van der Waals surface area (Å²) in [6.07, 6.45) is 2.26. The first kappa shape index (κ1) is 18.1. The molecule has 0 saturated carbocycles. The number of fused-ring (bicyclic) bond motifs is 1. The van der Waals surface area contributed by atoms with Gasteiger partial charge in [-0.05, 0) is 19.4 Å². The van der Waals surface area contributed by atoms with E-state index in [2.05, 4.69) is 20.5 Å². The summed E-state index contributed by atoms with van der Waals surface area (Å²) in [5.74, 6) is 0.261. The maximum absolute atomic E-state index is 12.3. The second-order valence-corrected chi connectivity index (χ2v) is 10.0. The van der Waals surface area contributed by atoms with Crippen LogP contribution in [0.4, 0.5) is 0 Å². The number of rotatable bonds is 5. The number of amides is 1. The fourth-order valence-electron chi connectivity index (χ4n) is 3.05. The lowest BCUT2D eigenvalue weighted by Gasteiger charge is -2.14. The van der Waals surface area contributed by atoms with Crippen LogP contribution in [0.1, 0.15) is 13.3 Å². The molecule has 0 spiro atoms. The molecule has 0 bridgehead atoms. The fourth-order valence-corrected chi connectivity index (χ4v) is 5.41. The van der Waals surface area contributed by atoms with Crippen LogP contribution in [0.15, 0.2) is 40.1 Å². The molecule has 1 fully saturated rings. The van der Waals surface area contributed by atoms with Crippen LogP contribution in [0.2, 0.25) is 0 Å². The predicted molar refractivity (Wildman–Crippen MR) is 102 cm³/mol. The topological polar surface area (TPSA) is 118 Å². The molecule has 3 heterocycles. The summed E-state index contributed by atoms with van der Waals surface area (Å²) in [5.41, 5.74) is 1.78. The van der Waals surface area contributed by atoms with Gasteiger partial charge in [-0.25, -0.2) is 8.42 Å². The Kier molecular flexibility index (Phi) is 4.68. The number of benzene rings is 1. The molecule has 2 atom stereocenters. The number of carbonyl (C=O) groups is 1. The average Bonchev–Trinajstić information content (AvgIpc) is 3.33. The van der Waals surface area contributed by atoms with Gasteiger partial charge in [-0.15, -0.1) is 10.2 Å². The van der Waals surface area contributed by atoms with Crippen LogP contribution in [-0.2, 0) is 14.6 Å². The lowest BCUT2D eigenvalue weighted by molar-refractivity contribution is -0.120. The first-order valence-corrected chi connectivity index (χ1v) is 11.2. The van der Waals surface area contributed by atoms with Gasteiger partial charge >= 0.3 is 0 Å². The Hall–Kier alpha value is -2.33. The highest BCUT2D eigenvalue weighted by Gasteiger charge is 2.30. The van der Waals surface area contributed by atoms with E-state index in [1.165, 1.54) is 0 Å². The zero-order valence-electron chi connectivity index (χ0n) is 14.5. The Morgan fingerprint density at radius 3 is 2.96 bits per heavy atom. The average molecular weight is 406 g/mol. The van der Waals surface area contributed by atoms with Gasteiger partial charge in [0.05, 0.1) is 22.3 Å². The number of thioether (sulfide) groups is 1. The molecule has 1 aromatic carbocycles. The highest BCUT2D eigenvalue weighted by molar-refractivity contribution is 8.00. The van der Waals surface area contributed by atoms with Crippen LogP contribution < -0.4 is 5.32 Å². The largest absolute Gasteiger partial charge is 0.411 e. The molecule has 8 nitrogen and oxygen atoms in total. The first-order valence-electron chi connectivity index (χ1n) is 8.49. The van der Waals surface area contributed by atoms with Gasteiger partial charge in [-0.3, -0.25) is 4.79 Å². The van der Waals surface area contributed by atoms with E-state index in [1.807, 2.05) is 30.5 Å². The smallest absolute Gasteiger partial charge is 0.277 e. The van der Waals surface area contributed by atoms with E-state index in [9.17, 15) is 13.2 Å². The second-order valence-electron chi connectivity index (χ2n) is 6.49. The lowest BCUT2D eigenvalue weighted by Crippen LogP contribution is -2.39. The summed E-state index contributed by atoms with van der Waals surface area (Å²) in [5, 5.41) is 11.7. The van der Waals surface area contributed by atoms with Crippen molar-refractivity contribution in [3.8, 4) is 11.5 Å². The third kappa shape index (κ3) is 3.86. The molecule has 2 N–H and O–H groups in total. The molecule has 0 aliphatic carbocycles. The normalized spacial score (nSPS) is 20.0. The quantitative estimate of drug-likeness (QED) is 0.622. The van der Waals surface area contributed by atoms with E-state index < -0.39 is 15.1 Å². The number of carbonyl (C=O) groups excluding carboxylic acids is 1. The fraction of sp³-hybridized carbons (Fsp3) is 0.353. The SMILES string of the molecule is C[C@@H](Sc1nnc(-c2c[nH]c3ccccc23)o1)C(=O)N[C@H]1CCS(=O)(=O)C1. The van der Waals surface area contributed by atoms with Crippen molar-refractivity contribution in [1.29, 1.82) is 0 Å². The van der Waals surface area contributed by atoms with E-state index in [0.29, 0.717) is 12.3 Å². The summed E-state index contributed by atoms with van der Waals surface area (Å²) in [6.45, 7) is 1.72. The summed E-state index contributed by atoms with van der Waals surface area (Å²) in [7, 11) is -3.03. The number of para-hydroxylation sites is 1. The van der Waals surface area contributed by atoms with Crippen LogP contribution in [0.5, 0.6) is 0 Å². The summed E-state index contributed by atoms with van der Waals surface area (Å²) in [6, 6.07) is 7.47. The van der Waals surface area contributed by atoms with Crippen molar-refractivity contribution in [3.05, 3.63) is 30.5 Å². The molecule has 1 aliphatic rings. The molecule has 10 heteroatoms. The number of hydrogen-bond donors (Lipinski definition) is 2. The van der Waals surface area contributed by atoms with E-state index in [1.54, 1.807) is 6.92 Å². The van der Waals surface area contributed by atoms with E-state index in [0.717, 1.165) is 28.2 Å². The Bertz CT molecular complexity index is 1090. The van der Waals surface area contributed by atoms with Gasteiger partial charge < -0.3 is 14.7 Å². The van der Waals surface area contributed by atoms with Crippen molar-refractivity contribution in [1.82, 2.24) is 20.5 Å². The van der Waals surface area contributed by atoms with Crippen LogP contribution >= 0.6 is 11.8 Å². The first-order chi connectivity index (χ1) is 12.9. The number of aromatic amines is 1. The van der Waals surface area contributed by atoms with Gasteiger partial charge in [0.25, 0.3) is 11.1 Å². The second kappa shape index (κ2) is 7.01. The van der Waals surface area contributed by atoms with Crippen LogP contribution in [0, 0.1) is 0 Å². The van der Waals surface area contributed by atoms with Crippen molar-refractivity contribution in [2.24, 2.45) is 0 Å². The van der Waals surface area contributed by atoms with Gasteiger partial charge in [0.1, 0.15) is 0 Å². The van der Waals surface area contributed by atoms with E-state index >= 15 is 0 Å². The molecule has 0 unspecified atom stereocenters. The maximum Gasteiger partial charge on any atom is 0.277 e. The molecule has 3 aromatic rings. The minimum Gasteiger partial charge on any atom is -0.411 e. The van der Waals surface area contributed by atoms with Crippen molar-refractivity contribution >= 4 is 38.4 Å². The standard InChI is InChI=1S/C17H18N4O4S2/c1-10(15(22)19-11-6-7-27(23,24)9-11)26-17-21-20-16(25-17)13-8-18-14-5-3-2-4-12(13)14/h2-5,8,10-11,18H,6-7,9H2,1H3,(H,19,22)/t10-,11+/m1/s1. The van der Waals surface area contributed by atoms with E-state index in [-0.39, 0.29) is 28.7 Å². The van der Waals surface area contributed by atoms with Crippen molar-refractivity contribution in [3.63, 3.8) is 0 Å². The minimum atomic E-state index is -3.03. The summed E-state index contributed by atoms with van der Waals surface area (Å²) in [4.78, 5) is 15.5. The number of hydrogen-bond acceptors (Lipinski definition) is 7. The van der Waals surface area contributed by atoms with Crippen molar-refractivity contribution in [2.45, 2.75) is 29.9 Å². The Morgan fingerprint density at radius 1 is 1.37 bits per heavy atom. The zero-order valence-corrected chi connectivity index (χ0v) is 16.1. The molecule has 0 radical (unpaired) electrons. The molecule has 142 valence electrons. The van der Waals surface area contributed by atoms with E-state index in [4.69, 9.17) is 4.42 Å². The molecular formula is C17H18N4O4S2. The lowest BCUT2D eigenvalue weighted by atomic mass is 10.2. The number of nitrogens with one attached hydrogen (secondary N) is 2. The van der Waals surface area contributed by atoms with Crippen molar-refractivity contribution in [2.75, 3.05) is 11.5 Å². The zero-order chi connectivity index (χ0) is 19.0. The molecule has 2 aromatic heterocycles. The number of aromatic nitrogens is 3. The van der Waals surface area contributed by atoms with Gasteiger partial charge in [-0.2, -0.15) is 0 Å².